The fraction of sp³-hybridized carbons (Fsp3) is 0.421. The van der Waals surface area contributed by atoms with Gasteiger partial charge in [-0.15, -0.1) is 0 Å². The van der Waals surface area contributed by atoms with Crippen LogP contribution in [0.3, 0.4) is 0 Å². The second-order valence-corrected chi connectivity index (χ2v) is 7.15. The Labute approximate surface area is 153 Å². The monoisotopic (exact) mass is 391 g/mol. The van der Waals surface area contributed by atoms with Gasteiger partial charge < -0.3 is 9.88 Å². The third-order valence-corrected chi connectivity index (χ3v) is 4.72. The molecule has 1 amide bonds. The van der Waals surface area contributed by atoms with Crippen LogP contribution in [0.4, 0.5) is 0 Å². The molecule has 1 aromatic carbocycles. The second-order valence-electron chi connectivity index (χ2n) is 6.23. The fourth-order valence-electron chi connectivity index (χ4n) is 2.88. The van der Waals surface area contributed by atoms with E-state index in [-0.39, 0.29) is 11.9 Å². The molecule has 4 nitrogen and oxygen atoms in total. The summed E-state index contributed by atoms with van der Waals surface area (Å²) in [5.74, 6) is -0.00878. The Kier molecular flexibility index (Phi) is 6.63. The van der Waals surface area contributed by atoms with Gasteiger partial charge in [0.2, 0.25) is 0 Å². The Balaban J connectivity index is 2.29. The van der Waals surface area contributed by atoms with Crippen LogP contribution in [0.15, 0.2) is 40.9 Å². The molecule has 0 aliphatic heterocycles. The molecular weight excluding hydrogens is 366 g/mol. The molecule has 0 aliphatic rings. The van der Waals surface area contributed by atoms with Crippen molar-refractivity contribution in [3.05, 3.63) is 57.8 Å². The smallest absolute Gasteiger partial charge is 0.267 e. The number of hydrogen-bond donors (Lipinski definition) is 1. The quantitative estimate of drug-likeness (QED) is 0.724. The second kappa shape index (κ2) is 8.49. The van der Waals surface area contributed by atoms with E-state index in [1.165, 1.54) is 5.56 Å². The molecule has 2 aromatic rings. The first-order chi connectivity index (χ1) is 11.5. The zero-order chi connectivity index (χ0) is 17.7. The molecule has 0 saturated carbocycles. The normalized spacial score (nSPS) is 12.4. The first kappa shape index (κ1) is 18.7. The van der Waals surface area contributed by atoms with Gasteiger partial charge in [-0.05, 0) is 50.3 Å². The number of halogens is 1. The predicted molar refractivity (Wildman–Crippen MR) is 102 cm³/mol. The van der Waals surface area contributed by atoms with Crippen LogP contribution in [-0.4, -0.2) is 36.0 Å². The van der Waals surface area contributed by atoms with E-state index >= 15 is 0 Å². The maximum absolute atomic E-state index is 12.4. The van der Waals surface area contributed by atoms with Crippen LogP contribution >= 0.6 is 15.9 Å². The number of aromatic nitrogens is 1. The third-order valence-electron chi connectivity index (χ3n) is 4.19. The molecule has 130 valence electrons. The average molecular weight is 392 g/mol. The summed E-state index contributed by atoms with van der Waals surface area (Å²) >= 11 is 3.48. The molecule has 0 radical (unpaired) electrons. The van der Waals surface area contributed by atoms with Crippen molar-refractivity contribution in [2.75, 3.05) is 20.6 Å². The van der Waals surface area contributed by atoms with E-state index in [0.717, 1.165) is 29.6 Å². The van der Waals surface area contributed by atoms with Gasteiger partial charge in [-0.25, -0.2) is 0 Å². The van der Waals surface area contributed by atoms with E-state index in [2.05, 4.69) is 59.3 Å². The Bertz CT molecular complexity index is 676. The lowest BCUT2D eigenvalue weighted by Gasteiger charge is -2.26. The SMILES string of the molecule is CCCCNC(=O)c1ccc(C(c2ccc(Br)cc2)N(C)C)n1C. The highest BCUT2D eigenvalue weighted by atomic mass is 79.9. The number of rotatable bonds is 7. The Morgan fingerprint density at radius 1 is 1.21 bits per heavy atom. The molecule has 1 aromatic heterocycles. The number of amides is 1. The van der Waals surface area contributed by atoms with Gasteiger partial charge in [0, 0.05) is 23.8 Å². The summed E-state index contributed by atoms with van der Waals surface area (Å²) in [5, 5.41) is 2.99. The van der Waals surface area contributed by atoms with E-state index in [9.17, 15) is 4.79 Å². The first-order valence-corrected chi connectivity index (χ1v) is 9.10. The minimum Gasteiger partial charge on any atom is -0.351 e. The molecular formula is C19H26BrN3O. The molecule has 1 N–H and O–H groups in total. The highest BCUT2D eigenvalue weighted by Gasteiger charge is 2.22. The Morgan fingerprint density at radius 3 is 2.46 bits per heavy atom. The van der Waals surface area contributed by atoms with Crippen LogP contribution in [-0.2, 0) is 7.05 Å². The molecule has 24 heavy (non-hydrogen) atoms. The molecule has 5 heteroatoms. The summed E-state index contributed by atoms with van der Waals surface area (Å²) < 4.78 is 3.06. The van der Waals surface area contributed by atoms with E-state index < -0.39 is 0 Å². The van der Waals surface area contributed by atoms with Gasteiger partial charge in [0.1, 0.15) is 5.69 Å². The molecule has 2 rings (SSSR count). The minimum atomic E-state index is -0.00878. The van der Waals surface area contributed by atoms with Gasteiger partial charge in [-0.2, -0.15) is 0 Å². The van der Waals surface area contributed by atoms with Crippen molar-refractivity contribution >= 4 is 21.8 Å². The van der Waals surface area contributed by atoms with Gasteiger partial charge in [0.05, 0.1) is 6.04 Å². The van der Waals surface area contributed by atoms with Crippen LogP contribution < -0.4 is 5.32 Å². The van der Waals surface area contributed by atoms with Crippen LogP contribution in [0.1, 0.15) is 47.6 Å². The van der Waals surface area contributed by atoms with Crippen LogP contribution in [0.25, 0.3) is 0 Å². The van der Waals surface area contributed by atoms with Crippen molar-refractivity contribution in [3.63, 3.8) is 0 Å². The summed E-state index contributed by atoms with van der Waals surface area (Å²) in [6.45, 7) is 2.84. The molecule has 0 spiro atoms. The number of carbonyl (C=O) groups is 1. The van der Waals surface area contributed by atoms with Crippen molar-refractivity contribution < 1.29 is 4.79 Å². The van der Waals surface area contributed by atoms with Crippen molar-refractivity contribution in [2.24, 2.45) is 7.05 Å². The topological polar surface area (TPSA) is 37.3 Å². The van der Waals surface area contributed by atoms with E-state index in [1.54, 1.807) is 0 Å². The fourth-order valence-corrected chi connectivity index (χ4v) is 3.14. The van der Waals surface area contributed by atoms with E-state index in [4.69, 9.17) is 0 Å². The summed E-state index contributed by atoms with van der Waals surface area (Å²) in [6, 6.07) is 12.4. The summed E-state index contributed by atoms with van der Waals surface area (Å²) in [4.78, 5) is 14.5. The standard InChI is InChI=1S/C19H26BrN3O/c1-5-6-13-21-19(24)17-12-11-16(23(17)4)18(22(2)3)14-7-9-15(20)10-8-14/h7-12,18H,5-6,13H2,1-4H3,(H,21,24). The Morgan fingerprint density at radius 2 is 1.88 bits per heavy atom. The number of carbonyl (C=O) groups excluding carboxylic acids is 1. The lowest BCUT2D eigenvalue weighted by Crippen LogP contribution is -2.28. The maximum Gasteiger partial charge on any atom is 0.267 e. The van der Waals surface area contributed by atoms with Crippen molar-refractivity contribution in [2.45, 2.75) is 25.8 Å². The highest BCUT2D eigenvalue weighted by Crippen LogP contribution is 2.28. The van der Waals surface area contributed by atoms with Gasteiger partial charge in [0.25, 0.3) is 5.91 Å². The van der Waals surface area contributed by atoms with Gasteiger partial charge in [-0.3, -0.25) is 9.69 Å². The van der Waals surface area contributed by atoms with E-state index in [1.807, 2.05) is 35.9 Å². The third kappa shape index (κ3) is 4.28. The van der Waals surface area contributed by atoms with Crippen LogP contribution in [0, 0.1) is 0 Å². The van der Waals surface area contributed by atoms with Gasteiger partial charge in [-0.1, -0.05) is 41.4 Å². The van der Waals surface area contributed by atoms with Crippen molar-refractivity contribution in [3.8, 4) is 0 Å². The minimum absolute atomic E-state index is 0.00878. The number of hydrogen-bond acceptors (Lipinski definition) is 2. The lowest BCUT2D eigenvalue weighted by molar-refractivity contribution is 0.0944. The van der Waals surface area contributed by atoms with Crippen LogP contribution in [0.2, 0.25) is 0 Å². The lowest BCUT2D eigenvalue weighted by atomic mass is 10.0. The summed E-state index contributed by atoms with van der Waals surface area (Å²) in [5.41, 5.74) is 3.00. The van der Waals surface area contributed by atoms with Crippen molar-refractivity contribution in [1.82, 2.24) is 14.8 Å². The molecule has 0 saturated heterocycles. The summed E-state index contributed by atoms with van der Waals surface area (Å²) in [6.07, 6.45) is 2.08. The number of benzene rings is 1. The average Bonchev–Trinajstić information content (AvgIpc) is 2.91. The zero-order valence-electron chi connectivity index (χ0n) is 14.8. The van der Waals surface area contributed by atoms with Crippen molar-refractivity contribution in [1.29, 1.82) is 0 Å². The maximum atomic E-state index is 12.4. The van der Waals surface area contributed by atoms with Gasteiger partial charge in [0.15, 0.2) is 0 Å². The summed E-state index contributed by atoms with van der Waals surface area (Å²) in [7, 11) is 6.07. The first-order valence-electron chi connectivity index (χ1n) is 8.31. The zero-order valence-corrected chi connectivity index (χ0v) is 16.4. The highest BCUT2D eigenvalue weighted by molar-refractivity contribution is 9.10. The Hall–Kier alpha value is -1.59. The van der Waals surface area contributed by atoms with Crippen LogP contribution in [0.5, 0.6) is 0 Å². The molecule has 0 aliphatic carbocycles. The molecule has 1 unspecified atom stereocenters. The predicted octanol–water partition coefficient (Wildman–Crippen LogP) is 3.97. The number of unbranched alkanes of at least 4 members (excludes halogenated alkanes) is 1. The molecule has 1 atom stereocenters. The van der Waals surface area contributed by atoms with E-state index in [0.29, 0.717) is 5.69 Å². The number of nitrogens with one attached hydrogen (secondary N) is 1. The van der Waals surface area contributed by atoms with Gasteiger partial charge >= 0.3 is 0 Å². The molecule has 0 fully saturated rings. The molecule has 1 heterocycles. The molecule has 0 bridgehead atoms. The number of nitrogens with zero attached hydrogens (tertiary/aromatic N) is 2. The largest absolute Gasteiger partial charge is 0.351 e.